The van der Waals surface area contributed by atoms with Gasteiger partial charge in [-0.15, -0.1) is 0 Å². The van der Waals surface area contributed by atoms with Crippen molar-refractivity contribution in [2.75, 3.05) is 11.9 Å². The van der Waals surface area contributed by atoms with Crippen LogP contribution in [0.25, 0.3) is 22.2 Å². The SMILES string of the molecule is CCCCNC(=O)Nc1ccc2ncc(-c3cn[nH]c3)cc2n1. The third-order valence-electron chi connectivity index (χ3n) is 3.43. The first-order valence-corrected chi connectivity index (χ1v) is 7.57. The molecule has 2 amide bonds. The van der Waals surface area contributed by atoms with E-state index < -0.39 is 0 Å². The number of unbranched alkanes of at least 4 members (excludes halogenated alkanes) is 1. The van der Waals surface area contributed by atoms with Gasteiger partial charge in [-0.05, 0) is 24.6 Å². The maximum atomic E-state index is 11.8. The molecule has 0 saturated heterocycles. The van der Waals surface area contributed by atoms with Crippen LogP contribution in [-0.4, -0.2) is 32.7 Å². The Kier molecular flexibility index (Phi) is 4.46. The molecule has 0 aliphatic rings. The minimum atomic E-state index is -0.246. The van der Waals surface area contributed by atoms with E-state index in [2.05, 4.69) is 37.7 Å². The quantitative estimate of drug-likeness (QED) is 0.631. The zero-order valence-corrected chi connectivity index (χ0v) is 12.8. The summed E-state index contributed by atoms with van der Waals surface area (Å²) < 4.78 is 0. The smallest absolute Gasteiger partial charge is 0.320 e. The van der Waals surface area contributed by atoms with Crippen LogP contribution in [0.5, 0.6) is 0 Å². The Hall–Kier alpha value is -2.96. The van der Waals surface area contributed by atoms with Crippen molar-refractivity contribution in [2.24, 2.45) is 0 Å². The number of urea groups is 1. The minimum Gasteiger partial charge on any atom is -0.338 e. The summed E-state index contributed by atoms with van der Waals surface area (Å²) in [4.78, 5) is 20.6. The van der Waals surface area contributed by atoms with Crippen LogP contribution in [0.1, 0.15) is 19.8 Å². The fourth-order valence-electron chi connectivity index (χ4n) is 2.18. The molecule has 118 valence electrons. The first-order chi connectivity index (χ1) is 11.3. The topological polar surface area (TPSA) is 95.6 Å². The van der Waals surface area contributed by atoms with Gasteiger partial charge < -0.3 is 5.32 Å². The number of anilines is 1. The summed E-state index contributed by atoms with van der Waals surface area (Å²) in [6.45, 7) is 2.73. The fraction of sp³-hybridized carbons (Fsp3) is 0.250. The number of fused-ring (bicyclic) bond motifs is 1. The molecule has 3 heterocycles. The number of rotatable bonds is 5. The Labute approximate surface area is 133 Å². The maximum Gasteiger partial charge on any atom is 0.320 e. The summed E-state index contributed by atoms with van der Waals surface area (Å²) in [5.41, 5.74) is 3.35. The zero-order chi connectivity index (χ0) is 16.1. The van der Waals surface area contributed by atoms with Crippen molar-refractivity contribution in [1.82, 2.24) is 25.5 Å². The number of hydrogen-bond acceptors (Lipinski definition) is 4. The number of aromatic nitrogens is 4. The van der Waals surface area contributed by atoms with E-state index in [1.165, 1.54) is 0 Å². The lowest BCUT2D eigenvalue weighted by atomic mass is 10.1. The van der Waals surface area contributed by atoms with Crippen LogP contribution >= 0.6 is 0 Å². The number of H-pyrrole nitrogens is 1. The lowest BCUT2D eigenvalue weighted by Crippen LogP contribution is -2.29. The van der Waals surface area contributed by atoms with Gasteiger partial charge in [0.1, 0.15) is 5.82 Å². The molecule has 7 heteroatoms. The molecule has 0 aromatic carbocycles. The van der Waals surface area contributed by atoms with E-state index in [1.54, 1.807) is 24.7 Å². The highest BCUT2D eigenvalue weighted by Gasteiger charge is 2.06. The number of nitrogens with zero attached hydrogens (tertiary/aromatic N) is 3. The van der Waals surface area contributed by atoms with Gasteiger partial charge in [0, 0.05) is 30.1 Å². The van der Waals surface area contributed by atoms with Gasteiger partial charge in [0.2, 0.25) is 0 Å². The fourth-order valence-corrected chi connectivity index (χ4v) is 2.18. The highest BCUT2D eigenvalue weighted by Crippen LogP contribution is 2.21. The van der Waals surface area contributed by atoms with Crippen molar-refractivity contribution in [3.63, 3.8) is 0 Å². The lowest BCUT2D eigenvalue weighted by Gasteiger charge is -2.07. The van der Waals surface area contributed by atoms with Crippen LogP contribution < -0.4 is 10.6 Å². The monoisotopic (exact) mass is 310 g/mol. The van der Waals surface area contributed by atoms with E-state index in [0.29, 0.717) is 12.4 Å². The third-order valence-corrected chi connectivity index (χ3v) is 3.43. The number of amides is 2. The molecule has 3 aromatic rings. The molecule has 23 heavy (non-hydrogen) atoms. The van der Waals surface area contributed by atoms with Crippen LogP contribution in [-0.2, 0) is 0 Å². The van der Waals surface area contributed by atoms with Gasteiger partial charge in [0.05, 0.1) is 17.2 Å². The number of nitrogens with one attached hydrogen (secondary N) is 3. The van der Waals surface area contributed by atoms with E-state index in [1.807, 2.05) is 12.1 Å². The standard InChI is InChI=1S/C16H18N6O/c1-2-3-6-17-16(23)22-15-5-4-13-14(21-15)7-11(8-18-13)12-9-19-20-10-12/h4-5,7-10H,2-3,6H2,1H3,(H,19,20)(H2,17,21,22,23). The highest BCUT2D eigenvalue weighted by molar-refractivity contribution is 5.90. The van der Waals surface area contributed by atoms with Crippen LogP contribution in [0, 0.1) is 0 Å². The molecule has 0 atom stereocenters. The number of pyridine rings is 2. The molecule has 0 unspecified atom stereocenters. The van der Waals surface area contributed by atoms with Gasteiger partial charge in [-0.1, -0.05) is 13.3 Å². The van der Waals surface area contributed by atoms with E-state index in [-0.39, 0.29) is 6.03 Å². The third kappa shape index (κ3) is 3.63. The van der Waals surface area contributed by atoms with Crippen molar-refractivity contribution in [3.05, 3.63) is 36.8 Å². The molecule has 7 nitrogen and oxygen atoms in total. The van der Waals surface area contributed by atoms with E-state index in [4.69, 9.17) is 0 Å². The molecule has 0 radical (unpaired) electrons. The average molecular weight is 310 g/mol. The molecule has 3 aromatic heterocycles. The normalized spacial score (nSPS) is 10.7. The van der Waals surface area contributed by atoms with E-state index >= 15 is 0 Å². The van der Waals surface area contributed by atoms with Crippen molar-refractivity contribution in [1.29, 1.82) is 0 Å². The summed E-state index contributed by atoms with van der Waals surface area (Å²) >= 11 is 0. The van der Waals surface area contributed by atoms with E-state index in [9.17, 15) is 4.79 Å². The average Bonchev–Trinajstić information content (AvgIpc) is 3.09. The van der Waals surface area contributed by atoms with Crippen LogP contribution in [0.3, 0.4) is 0 Å². The first-order valence-electron chi connectivity index (χ1n) is 7.57. The summed E-state index contributed by atoms with van der Waals surface area (Å²) in [7, 11) is 0. The summed E-state index contributed by atoms with van der Waals surface area (Å²) in [5.74, 6) is 0.498. The molecule has 0 aliphatic heterocycles. The van der Waals surface area contributed by atoms with Crippen molar-refractivity contribution < 1.29 is 4.79 Å². The van der Waals surface area contributed by atoms with Gasteiger partial charge in [-0.2, -0.15) is 5.10 Å². The van der Waals surface area contributed by atoms with Gasteiger partial charge in [0.15, 0.2) is 0 Å². The second kappa shape index (κ2) is 6.87. The summed E-state index contributed by atoms with van der Waals surface area (Å²) in [5, 5.41) is 12.2. The molecule has 0 fully saturated rings. The van der Waals surface area contributed by atoms with Crippen LogP contribution in [0.2, 0.25) is 0 Å². The molecular formula is C16H18N6O. The Bertz CT molecular complexity index is 799. The van der Waals surface area contributed by atoms with Gasteiger partial charge in [-0.3, -0.25) is 15.4 Å². The molecule has 0 spiro atoms. The summed E-state index contributed by atoms with van der Waals surface area (Å²) in [6.07, 6.45) is 7.30. The Morgan fingerprint density at radius 2 is 2.13 bits per heavy atom. The molecule has 3 rings (SSSR count). The minimum absolute atomic E-state index is 0.246. The number of carbonyl (C=O) groups is 1. The number of hydrogen-bond donors (Lipinski definition) is 3. The maximum absolute atomic E-state index is 11.8. The largest absolute Gasteiger partial charge is 0.338 e. The number of aromatic amines is 1. The Morgan fingerprint density at radius 1 is 1.22 bits per heavy atom. The molecule has 3 N–H and O–H groups in total. The van der Waals surface area contributed by atoms with Gasteiger partial charge >= 0.3 is 6.03 Å². The highest BCUT2D eigenvalue weighted by atomic mass is 16.2. The van der Waals surface area contributed by atoms with Crippen LogP contribution in [0.15, 0.2) is 36.8 Å². The predicted octanol–water partition coefficient (Wildman–Crippen LogP) is 2.94. The van der Waals surface area contributed by atoms with E-state index in [0.717, 1.165) is 35.0 Å². The van der Waals surface area contributed by atoms with Gasteiger partial charge in [0.25, 0.3) is 0 Å². The lowest BCUT2D eigenvalue weighted by molar-refractivity contribution is 0.252. The van der Waals surface area contributed by atoms with Crippen molar-refractivity contribution in [3.8, 4) is 11.1 Å². The number of carbonyl (C=O) groups excluding carboxylic acids is 1. The van der Waals surface area contributed by atoms with Crippen molar-refractivity contribution in [2.45, 2.75) is 19.8 Å². The summed E-state index contributed by atoms with van der Waals surface area (Å²) in [6, 6.07) is 5.26. The molecule has 0 bridgehead atoms. The second-order valence-electron chi connectivity index (χ2n) is 5.18. The van der Waals surface area contributed by atoms with Gasteiger partial charge in [-0.25, -0.2) is 9.78 Å². The molecule has 0 saturated carbocycles. The zero-order valence-electron chi connectivity index (χ0n) is 12.8. The predicted molar refractivity (Wildman–Crippen MR) is 89.0 cm³/mol. The first kappa shape index (κ1) is 15.0. The Morgan fingerprint density at radius 3 is 2.91 bits per heavy atom. The van der Waals surface area contributed by atoms with Crippen molar-refractivity contribution >= 4 is 22.9 Å². The molecule has 0 aliphatic carbocycles. The Balaban J connectivity index is 1.78. The van der Waals surface area contributed by atoms with Crippen LogP contribution in [0.4, 0.5) is 10.6 Å². The second-order valence-corrected chi connectivity index (χ2v) is 5.18. The molecular weight excluding hydrogens is 292 g/mol.